The van der Waals surface area contributed by atoms with Gasteiger partial charge < -0.3 is 10.3 Å². The van der Waals surface area contributed by atoms with Gasteiger partial charge in [0.1, 0.15) is 11.9 Å². The van der Waals surface area contributed by atoms with Crippen LogP contribution in [0.5, 0.6) is 0 Å². The number of carbonyl (C=O) groups excluding carboxylic acids is 1. The van der Waals surface area contributed by atoms with Gasteiger partial charge in [-0.15, -0.1) is 0 Å². The Morgan fingerprint density at radius 1 is 1.35 bits per heavy atom. The molecule has 1 amide bonds. The van der Waals surface area contributed by atoms with E-state index in [1.807, 2.05) is 4.90 Å². The highest BCUT2D eigenvalue weighted by atomic mass is 19.1. The monoisotopic (exact) mass is 318 g/mol. The molecule has 23 heavy (non-hydrogen) atoms. The lowest BCUT2D eigenvalue weighted by Gasteiger charge is -2.35. The number of primary amides is 1. The minimum absolute atomic E-state index is 0.227. The molecule has 0 spiro atoms. The van der Waals surface area contributed by atoms with Crippen LogP contribution in [0.2, 0.25) is 0 Å². The second-order valence-electron chi connectivity index (χ2n) is 5.84. The standard InChI is InChI=1S/C16H19FN4O2/c1-10-19-16(20-23-10)12-6-8-21(9-7-12)14(15(18)22)11-2-4-13(17)5-3-11/h2-5,12,14H,6-9H2,1H3,(H2,18,22). The van der Waals surface area contributed by atoms with Gasteiger partial charge in [0.25, 0.3) is 0 Å². The molecule has 122 valence electrons. The highest BCUT2D eigenvalue weighted by molar-refractivity contribution is 5.81. The van der Waals surface area contributed by atoms with E-state index >= 15 is 0 Å². The number of likely N-dealkylation sites (tertiary alicyclic amines) is 1. The minimum Gasteiger partial charge on any atom is -0.368 e. The predicted octanol–water partition coefficient (Wildman–Crippen LogP) is 1.92. The first-order chi connectivity index (χ1) is 11.0. The summed E-state index contributed by atoms with van der Waals surface area (Å²) in [6.45, 7) is 3.16. The van der Waals surface area contributed by atoms with Crippen LogP contribution in [0.3, 0.4) is 0 Å². The quantitative estimate of drug-likeness (QED) is 0.931. The predicted molar refractivity (Wildman–Crippen MR) is 80.9 cm³/mol. The van der Waals surface area contributed by atoms with Crippen molar-refractivity contribution in [2.45, 2.75) is 31.7 Å². The number of halogens is 1. The molecule has 1 saturated heterocycles. The molecule has 0 saturated carbocycles. The number of nitrogens with zero attached hydrogens (tertiary/aromatic N) is 3. The van der Waals surface area contributed by atoms with Gasteiger partial charge in [0.15, 0.2) is 5.82 Å². The summed E-state index contributed by atoms with van der Waals surface area (Å²) < 4.78 is 18.1. The van der Waals surface area contributed by atoms with Crippen molar-refractivity contribution in [2.24, 2.45) is 5.73 Å². The van der Waals surface area contributed by atoms with Gasteiger partial charge in [-0.25, -0.2) is 4.39 Å². The number of aromatic nitrogens is 2. The van der Waals surface area contributed by atoms with E-state index in [0.29, 0.717) is 24.5 Å². The first kappa shape index (κ1) is 15.6. The van der Waals surface area contributed by atoms with Crippen molar-refractivity contribution in [3.63, 3.8) is 0 Å². The topological polar surface area (TPSA) is 85.3 Å². The van der Waals surface area contributed by atoms with Crippen LogP contribution in [0, 0.1) is 12.7 Å². The molecule has 2 N–H and O–H groups in total. The smallest absolute Gasteiger partial charge is 0.239 e. The molecule has 1 fully saturated rings. The van der Waals surface area contributed by atoms with Crippen molar-refractivity contribution in [1.82, 2.24) is 15.0 Å². The van der Waals surface area contributed by atoms with Crippen molar-refractivity contribution in [3.8, 4) is 0 Å². The van der Waals surface area contributed by atoms with E-state index in [1.54, 1.807) is 19.1 Å². The van der Waals surface area contributed by atoms with Gasteiger partial charge in [0.05, 0.1) is 0 Å². The normalized spacial score (nSPS) is 18.0. The van der Waals surface area contributed by atoms with Gasteiger partial charge in [-0.3, -0.25) is 9.69 Å². The van der Waals surface area contributed by atoms with Crippen molar-refractivity contribution in [3.05, 3.63) is 47.4 Å². The van der Waals surface area contributed by atoms with Crippen LogP contribution in [-0.2, 0) is 4.79 Å². The molecule has 0 aliphatic carbocycles. The first-order valence-electron chi connectivity index (χ1n) is 7.63. The van der Waals surface area contributed by atoms with Crippen molar-refractivity contribution < 1.29 is 13.7 Å². The van der Waals surface area contributed by atoms with E-state index in [2.05, 4.69) is 10.1 Å². The molecule has 0 bridgehead atoms. The molecule has 1 atom stereocenters. The third kappa shape index (κ3) is 3.39. The summed E-state index contributed by atoms with van der Waals surface area (Å²) in [6.07, 6.45) is 1.65. The number of aryl methyl sites for hydroxylation is 1. The lowest BCUT2D eigenvalue weighted by atomic mass is 9.93. The van der Waals surface area contributed by atoms with E-state index < -0.39 is 11.9 Å². The Morgan fingerprint density at radius 2 is 2.00 bits per heavy atom. The number of benzene rings is 1. The van der Waals surface area contributed by atoms with E-state index in [0.717, 1.165) is 18.7 Å². The highest BCUT2D eigenvalue weighted by Crippen LogP contribution is 2.31. The number of rotatable bonds is 4. The second-order valence-corrected chi connectivity index (χ2v) is 5.84. The van der Waals surface area contributed by atoms with E-state index in [9.17, 15) is 9.18 Å². The van der Waals surface area contributed by atoms with Crippen LogP contribution in [0.25, 0.3) is 0 Å². The fourth-order valence-corrected chi connectivity index (χ4v) is 3.10. The molecule has 6 nitrogen and oxygen atoms in total. The maximum Gasteiger partial charge on any atom is 0.239 e. The summed E-state index contributed by atoms with van der Waals surface area (Å²) in [6, 6.07) is 5.38. The molecule has 7 heteroatoms. The van der Waals surface area contributed by atoms with E-state index in [4.69, 9.17) is 10.3 Å². The number of piperidine rings is 1. The van der Waals surface area contributed by atoms with E-state index in [1.165, 1.54) is 12.1 Å². The molecule has 2 heterocycles. The molecule has 0 radical (unpaired) electrons. The van der Waals surface area contributed by atoms with Crippen LogP contribution in [-0.4, -0.2) is 34.0 Å². The fourth-order valence-electron chi connectivity index (χ4n) is 3.10. The third-order valence-corrected chi connectivity index (χ3v) is 4.26. The van der Waals surface area contributed by atoms with Gasteiger partial charge in [0.2, 0.25) is 11.8 Å². The van der Waals surface area contributed by atoms with Crippen LogP contribution in [0.1, 0.15) is 42.1 Å². The summed E-state index contributed by atoms with van der Waals surface area (Å²) in [5.41, 5.74) is 6.29. The van der Waals surface area contributed by atoms with Gasteiger partial charge in [-0.1, -0.05) is 17.3 Å². The maximum absolute atomic E-state index is 13.1. The Bertz CT molecular complexity index is 678. The van der Waals surface area contributed by atoms with Crippen LogP contribution in [0.15, 0.2) is 28.8 Å². The third-order valence-electron chi connectivity index (χ3n) is 4.26. The molecule has 1 aliphatic rings. The summed E-state index contributed by atoms with van der Waals surface area (Å²) >= 11 is 0. The summed E-state index contributed by atoms with van der Waals surface area (Å²) in [4.78, 5) is 18.2. The van der Waals surface area contributed by atoms with Crippen LogP contribution >= 0.6 is 0 Å². The Balaban J connectivity index is 1.71. The molecule has 3 rings (SSSR count). The first-order valence-corrected chi connectivity index (χ1v) is 7.63. The average molecular weight is 318 g/mol. The molecule has 2 aromatic rings. The Kier molecular flexibility index (Phi) is 4.38. The largest absolute Gasteiger partial charge is 0.368 e. The SMILES string of the molecule is Cc1nc(C2CCN(C(C(N)=O)c3ccc(F)cc3)CC2)no1. The summed E-state index contributed by atoms with van der Waals surface area (Å²) in [7, 11) is 0. The number of hydrogen-bond donors (Lipinski definition) is 1. The molecular weight excluding hydrogens is 299 g/mol. The van der Waals surface area contributed by atoms with Crippen molar-refractivity contribution in [1.29, 1.82) is 0 Å². The van der Waals surface area contributed by atoms with Gasteiger partial charge in [0, 0.05) is 12.8 Å². The van der Waals surface area contributed by atoms with Gasteiger partial charge >= 0.3 is 0 Å². The lowest BCUT2D eigenvalue weighted by Crippen LogP contribution is -2.42. The Morgan fingerprint density at radius 3 is 2.52 bits per heavy atom. The van der Waals surface area contributed by atoms with Crippen LogP contribution in [0.4, 0.5) is 4.39 Å². The zero-order chi connectivity index (χ0) is 16.4. The molecule has 1 aromatic carbocycles. The molecular formula is C16H19FN4O2. The lowest BCUT2D eigenvalue weighted by molar-refractivity contribution is -0.124. The zero-order valence-electron chi connectivity index (χ0n) is 12.9. The van der Waals surface area contributed by atoms with Gasteiger partial charge in [-0.2, -0.15) is 4.98 Å². The van der Waals surface area contributed by atoms with Crippen LogP contribution < -0.4 is 5.73 Å². The summed E-state index contributed by atoms with van der Waals surface area (Å²) in [5.74, 6) is 0.752. The number of nitrogens with two attached hydrogens (primary N) is 1. The number of amides is 1. The minimum atomic E-state index is -0.538. The molecule has 1 aromatic heterocycles. The second kappa shape index (κ2) is 6.45. The highest BCUT2D eigenvalue weighted by Gasteiger charge is 2.31. The fraction of sp³-hybridized carbons (Fsp3) is 0.438. The maximum atomic E-state index is 13.1. The number of carbonyl (C=O) groups is 1. The number of hydrogen-bond acceptors (Lipinski definition) is 5. The Labute approximate surface area is 133 Å². The van der Waals surface area contributed by atoms with E-state index in [-0.39, 0.29) is 11.7 Å². The Hall–Kier alpha value is -2.28. The van der Waals surface area contributed by atoms with Crippen molar-refractivity contribution >= 4 is 5.91 Å². The van der Waals surface area contributed by atoms with Gasteiger partial charge in [-0.05, 0) is 43.6 Å². The molecule has 1 unspecified atom stereocenters. The molecule has 1 aliphatic heterocycles. The average Bonchev–Trinajstić information content (AvgIpc) is 2.96. The zero-order valence-corrected chi connectivity index (χ0v) is 12.9. The van der Waals surface area contributed by atoms with Crippen molar-refractivity contribution in [2.75, 3.05) is 13.1 Å². The summed E-state index contributed by atoms with van der Waals surface area (Å²) in [5, 5.41) is 3.97.